The predicted molar refractivity (Wildman–Crippen MR) is 190 cm³/mol. The summed E-state index contributed by atoms with van der Waals surface area (Å²) in [5.41, 5.74) is 1.13. The third-order valence-electron chi connectivity index (χ3n) is 9.33. The number of carbonyl (C=O) groups is 6. The van der Waals surface area contributed by atoms with Crippen molar-refractivity contribution in [2.45, 2.75) is 122 Å². The maximum Gasteiger partial charge on any atom is 0.337 e. The zero-order valence-electron chi connectivity index (χ0n) is 32.2. The van der Waals surface area contributed by atoms with Gasteiger partial charge in [0, 0.05) is 46.5 Å². The quantitative estimate of drug-likeness (QED) is 0.117. The van der Waals surface area contributed by atoms with Crippen molar-refractivity contribution in [3.63, 3.8) is 0 Å². The minimum absolute atomic E-state index is 0.145. The fraction of sp³-hybridized carbons (Fsp3) is 0.590. The van der Waals surface area contributed by atoms with Crippen LogP contribution in [0, 0.1) is 11.8 Å². The lowest BCUT2D eigenvalue weighted by Gasteiger charge is -2.46. The second-order valence-corrected chi connectivity index (χ2v) is 13.7. The number of carbonyl (C=O) groups excluding carboxylic acids is 6. The summed E-state index contributed by atoms with van der Waals surface area (Å²) in [6, 6.07) is 7.12. The SMILES string of the molecule is C=C[C@H]1[C@H](O[C@@H]2O[C@H](COC(C)=O)[C@@H](OC(C)=O)[C@H](OC(C)=O)[C@H]2OC(C)=O)OC=C(C(=O)OC)[C@H]1C[C@@H]1C[C@@H](O)C[C@H](CCc2ccc(OC(C)=O)cc2)O1. The molecule has 3 heterocycles. The highest BCUT2D eigenvalue weighted by atomic mass is 16.8. The number of aryl methyl sites for hydroxylation is 1. The van der Waals surface area contributed by atoms with Crippen LogP contribution in [0.2, 0.25) is 0 Å². The van der Waals surface area contributed by atoms with Gasteiger partial charge in [-0.3, -0.25) is 24.0 Å². The minimum Gasteiger partial charge on any atom is -0.471 e. The van der Waals surface area contributed by atoms with Crippen LogP contribution in [0.25, 0.3) is 0 Å². The van der Waals surface area contributed by atoms with Gasteiger partial charge in [0.05, 0.1) is 37.3 Å². The molecule has 1 N–H and O–H groups in total. The zero-order valence-corrected chi connectivity index (χ0v) is 32.2. The van der Waals surface area contributed by atoms with E-state index in [1.807, 2.05) is 12.1 Å². The number of rotatable bonds is 15. The highest BCUT2D eigenvalue weighted by Gasteiger charge is 2.54. The Morgan fingerprint density at radius 3 is 2.02 bits per heavy atom. The second kappa shape index (κ2) is 20.4. The van der Waals surface area contributed by atoms with Crippen LogP contribution in [0.4, 0.5) is 0 Å². The summed E-state index contributed by atoms with van der Waals surface area (Å²) in [6.45, 7) is 9.29. The molecule has 11 atom stereocenters. The highest BCUT2D eigenvalue weighted by molar-refractivity contribution is 5.89. The van der Waals surface area contributed by atoms with Crippen LogP contribution < -0.4 is 4.74 Å². The summed E-state index contributed by atoms with van der Waals surface area (Å²) in [5.74, 6) is -5.28. The third kappa shape index (κ3) is 12.3. The summed E-state index contributed by atoms with van der Waals surface area (Å²) >= 11 is 0. The second-order valence-electron chi connectivity index (χ2n) is 13.7. The van der Waals surface area contributed by atoms with Crippen LogP contribution in [-0.4, -0.2) is 110 Å². The van der Waals surface area contributed by atoms with E-state index in [2.05, 4.69) is 6.58 Å². The van der Waals surface area contributed by atoms with Crippen molar-refractivity contribution < 1.29 is 81.2 Å². The van der Waals surface area contributed by atoms with E-state index in [0.717, 1.165) is 33.3 Å². The molecule has 0 saturated carbocycles. The predicted octanol–water partition coefficient (Wildman–Crippen LogP) is 2.77. The monoisotopic (exact) mass is 790 g/mol. The van der Waals surface area contributed by atoms with Crippen LogP contribution in [0.15, 0.2) is 48.8 Å². The number of benzene rings is 1. The molecule has 17 nitrogen and oxygen atoms in total. The van der Waals surface area contributed by atoms with Gasteiger partial charge in [-0.2, -0.15) is 0 Å². The fourth-order valence-corrected chi connectivity index (χ4v) is 7.07. The molecule has 0 bridgehead atoms. The van der Waals surface area contributed by atoms with E-state index in [-0.39, 0.29) is 24.5 Å². The van der Waals surface area contributed by atoms with Gasteiger partial charge in [0.2, 0.25) is 12.6 Å². The Labute approximate surface area is 324 Å². The van der Waals surface area contributed by atoms with Crippen molar-refractivity contribution in [3.8, 4) is 5.75 Å². The summed E-state index contributed by atoms with van der Waals surface area (Å²) in [4.78, 5) is 72.9. The molecule has 0 aliphatic carbocycles. The topological polar surface area (TPSA) is 215 Å². The van der Waals surface area contributed by atoms with E-state index in [1.165, 1.54) is 26.4 Å². The number of aliphatic hydroxyl groups is 1. The first kappa shape index (κ1) is 43.9. The molecule has 0 radical (unpaired) electrons. The molecule has 2 fully saturated rings. The van der Waals surface area contributed by atoms with Crippen LogP contribution in [0.3, 0.4) is 0 Å². The Hall–Kier alpha value is -4.84. The highest BCUT2D eigenvalue weighted by Crippen LogP contribution is 2.41. The van der Waals surface area contributed by atoms with E-state index in [9.17, 15) is 33.9 Å². The van der Waals surface area contributed by atoms with Gasteiger partial charge in [-0.15, -0.1) is 6.58 Å². The first-order valence-electron chi connectivity index (χ1n) is 18.2. The van der Waals surface area contributed by atoms with Gasteiger partial charge in [0.15, 0.2) is 18.3 Å². The lowest BCUT2D eigenvalue weighted by molar-refractivity contribution is -0.342. The van der Waals surface area contributed by atoms with Gasteiger partial charge in [0.1, 0.15) is 18.5 Å². The van der Waals surface area contributed by atoms with E-state index in [1.54, 1.807) is 12.1 Å². The smallest absolute Gasteiger partial charge is 0.337 e. The lowest BCUT2D eigenvalue weighted by atomic mass is 9.78. The molecule has 56 heavy (non-hydrogen) atoms. The standard InChI is InChI=1S/C39H50O17/c1-8-30-31(17-29-16-26(45)15-28(54-29)14-11-25-9-12-27(13-10-25)50-21(3)41)32(37(46)47-7)18-49-38(30)56-39-36(53-24(6)44)35(52-23(5)43)34(51-22(4)42)33(55-39)19-48-20(2)40/h8-10,12-13,18,26,28-31,33-36,38-39,45H,1,11,14-17,19H2,2-7H3/t26-,28-,29-,30+,31-,33+,34+,35-,36+,38-,39-/m0/s1. The Morgan fingerprint density at radius 2 is 1.43 bits per heavy atom. The average Bonchev–Trinajstić information content (AvgIpc) is 3.11. The van der Waals surface area contributed by atoms with E-state index in [0.29, 0.717) is 25.0 Å². The molecule has 1 aromatic carbocycles. The number of hydrogen-bond acceptors (Lipinski definition) is 17. The van der Waals surface area contributed by atoms with E-state index >= 15 is 0 Å². The number of hydrogen-bond donors (Lipinski definition) is 1. The Bertz CT molecular complexity index is 1600. The zero-order chi connectivity index (χ0) is 41.1. The molecule has 0 amide bonds. The van der Waals surface area contributed by atoms with E-state index < -0.39 is 103 Å². The summed E-state index contributed by atoms with van der Waals surface area (Å²) in [7, 11) is 1.22. The average molecular weight is 791 g/mol. The molecular formula is C39H50O17. The maximum absolute atomic E-state index is 13.1. The molecule has 3 aliphatic heterocycles. The summed E-state index contributed by atoms with van der Waals surface area (Å²) in [5, 5.41) is 10.9. The van der Waals surface area contributed by atoms with Crippen LogP contribution >= 0.6 is 0 Å². The molecule has 1 aromatic rings. The summed E-state index contributed by atoms with van der Waals surface area (Å²) in [6.07, 6.45) is -5.31. The van der Waals surface area contributed by atoms with Crippen LogP contribution in [-0.2, 0) is 77.8 Å². The van der Waals surface area contributed by atoms with Crippen molar-refractivity contribution in [1.29, 1.82) is 0 Å². The third-order valence-corrected chi connectivity index (χ3v) is 9.33. The molecule has 0 aromatic heterocycles. The minimum atomic E-state index is -1.57. The Balaban J connectivity index is 1.58. The first-order chi connectivity index (χ1) is 26.6. The Kier molecular flexibility index (Phi) is 16.0. The van der Waals surface area contributed by atoms with Gasteiger partial charge in [0.25, 0.3) is 0 Å². The molecule has 308 valence electrons. The van der Waals surface area contributed by atoms with Gasteiger partial charge in [-0.1, -0.05) is 18.2 Å². The summed E-state index contributed by atoms with van der Waals surface area (Å²) < 4.78 is 56.6. The molecule has 2 saturated heterocycles. The number of esters is 6. The van der Waals surface area contributed by atoms with Crippen molar-refractivity contribution in [2.24, 2.45) is 11.8 Å². The molecule has 0 spiro atoms. The van der Waals surface area contributed by atoms with Gasteiger partial charge < -0.3 is 52.5 Å². The van der Waals surface area contributed by atoms with E-state index in [4.69, 9.17) is 47.4 Å². The van der Waals surface area contributed by atoms with Gasteiger partial charge in [-0.25, -0.2) is 4.79 Å². The van der Waals surface area contributed by atoms with Crippen molar-refractivity contribution >= 4 is 35.8 Å². The fourth-order valence-electron chi connectivity index (χ4n) is 7.07. The molecule has 17 heteroatoms. The van der Waals surface area contributed by atoms with Gasteiger partial charge >= 0.3 is 35.8 Å². The largest absolute Gasteiger partial charge is 0.471 e. The van der Waals surface area contributed by atoms with Gasteiger partial charge in [-0.05, 0) is 49.8 Å². The van der Waals surface area contributed by atoms with Crippen LogP contribution in [0.1, 0.15) is 65.9 Å². The first-order valence-corrected chi connectivity index (χ1v) is 18.2. The molecular weight excluding hydrogens is 740 g/mol. The number of ether oxygens (including phenoxy) is 10. The molecule has 0 unspecified atom stereocenters. The van der Waals surface area contributed by atoms with Crippen molar-refractivity contribution in [2.75, 3.05) is 13.7 Å². The Morgan fingerprint density at radius 1 is 0.804 bits per heavy atom. The van der Waals surface area contributed by atoms with Crippen molar-refractivity contribution in [3.05, 3.63) is 54.3 Å². The van der Waals surface area contributed by atoms with Crippen molar-refractivity contribution in [1.82, 2.24) is 0 Å². The molecule has 4 rings (SSSR count). The lowest BCUT2D eigenvalue weighted by Crippen LogP contribution is -2.63. The number of aliphatic hydroxyl groups excluding tert-OH is 1. The normalized spacial score (nSPS) is 30.0. The maximum atomic E-state index is 13.1. The molecule has 3 aliphatic rings. The van der Waals surface area contributed by atoms with Crippen LogP contribution in [0.5, 0.6) is 5.75 Å². The number of methoxy groups -OCH3 is 1.